The van der Waals surface area contributed by atoms with E-state index in [-0.39, 0.29) is 11.8 Å². The van der Waals surface area contributed by atoms with Gasteiger partial charge in [0.2, 0.25) is 11.8 Å². The zero-order valence-electron chi connectivity index (χ0n) is 10.5. The lowest BCUT2D eigenvalue weighted by atomic mass is 10.2. The van der Waals surface area contributed by atoms with Gasteiger partial charge in [0.05, 0.1) is 13.1 Å². The predicted octanol–water partition coefficient (Wildman–Crippen LogP) is 0.595. The highest BCUT2D eigenvalue weighted by Gasteiger charge is 2.13. The summed E-state index contributed by atoms with van der Waals surface area (Å²) in [4.78, 5) is 31.4. The van der Waals surface area contributed by atoms with E-state index in [2.05, 4.69) is 20.6 Å². The van der Waals surface area contributed by atoms with Gasteiger partial charge in [-0.05, 0) is 6.42 Å². The number of amides is 2. The summed E-state index contributed by atoms with van der Waals surface area (Å²) in [6, 6.07) is 0. The quantitative estimate of drug-likeness (QED) is 0.796. The molecule has 6 nitrogen and oxygen atoms in total. The maximum Gasteiger partial charge on any atom is 0.225 e. The molecule has 2 N–H and O–H groups in total. The lowest BCUT2D eigenvalue weighted by molar-refractivity contribution is -0.120. The van der Waals surface area contributed by atoms with Gasteiger partial charge >= 0.3 is 0 Å². The van der Waals surface area contributed by atoms with Crippen LogP contribution in [0.2, 0.25) is 0 Å². The normalized spacial score (nSPS) is 17.9. The van der Waals surface area contributed by atoms with Crippen molar-refractivity contribution >= 4 is 45.7 Å². The molecule has 2 heterocycles. The molecule has 0 atom stereocenters. The number of hydrogen-bond acceptors (Lipinski definition) is 6. The van der Waals surface area contributed by atoms with Gasteiger partial charge in [0.15, 0.2) is 10.3 Å². The molecule has 0 fully saturated rings. The molecule has 0 radical (unpaired) electrons. The Morgan fingerprint density at radius 3 is 1.79 bits per heavy atom. The SMILES string of the molecule is O=C(CCCC(=O)NC1=NCCS1)NC1=NCCS1. The maximum atomic E-state index is 11.6. The Bertz CT molecular complexity index is 385. The van der Waals surface area contributed by atoms with E-state index in [1.807, 2.05) is 0 Å². The lowest BCUT2D eigenvalue weighted by Gasteiger charge is -2.05. The summed E-state index contributed by atoms with van der Waals surface area (Å²) in [6.45, 7) is 1.53. The molecule has 104 valence electrons. The lowest BCUT2D eigenvalue weighted by Crippen LogP contribution is -2.29. The fourth-order valence-corrected chi connectivity index (χ4v) is 3.08. The van der Waals surface area contributed by atoms with E-state index in [0.29, 0.717) is 29.6 Å². The van der Waals surface area contributed by atoms with Crippen LogP contribution in [0.25, 0.3) is 0 Å². The number of nitrogens with one attached hydrogen (secondary N) is 2. The van der Waals surface area contributed by atoms with Crippen molar-refractivity contribution in [2.24, 2.45) is 9.98 Å². The molecular weight excluding hydrogens is 284 g/mol. The molecule has 2 aliphatic heterocycles. The second-order valence-corrected chi connectivity index (χ2v) is 6.19. The molecule has 2 amide bonds. The third-order valence-corrected chi connectivity index (χ3v) is 4.25. The number of carbonyl (C=O) groups is 2. The fraction of sp³-hybridized carbons (Fsp3) is 0.636. The van der Waals surface area contributed by atoms with Gasteiger partial charge in [0.1, 0.15) is 0 Å². The van der Waals surface area contributed by atoms with E-state index in [9.17, 15) is 9.59 Å². The standard InChI is InChI=1S/C11H16N4O2S2/c16-8(14-10-12-4-6-18-10)2-1-3-9(17)15-11-13-5-7-19-11/h1-7H2,(H,12,14,16)(H,13,15,17). The molecule has 0 unspecified atom stereocenters. The molecule has 0 aliphatic carbocycles. The van der Waals surface area contributed by atoms with Gasteiger partial charge in [-0.15, -0.1) is 0 Å². The topological polar surface area (TPSA) is 82.9 Å². The first-order valence-electron chi connectivity index (χ1n) is 6.18. The van der Waals surface area contributed by atoms with Gasteiger partial charge in [-0.3, -0.25) is 19.6 Å². The zero-order chi connectivity index (χ0) is 13.5. The summed E-state index contributed by atoms with van der Waals surface area (Å²) in [5.41, 5.74) is 0. The van der Waals surface area contributed by atoms with Gasteiger partial charge in [-0.25, -0.2) is 0 Å². The molecule has 2 aliphatic rings. The van der Waals surface area contributed by atoms with Crippen molar-refractivity contribution in [1.29, 1.82) is 0 Å². The van der Waals surface area contributed by atoms with Crippen LogP contribution < -0.4 is 10.6 Å². The molecule has 0 bridgehead atoms. The van der Waals surface area contributed by atoms with Crippen LogP contribution >= 0.6 is 23.5 Å². The number of rotatable bonds is 4. The van der Waals surface area contributed by atoms with E-state index in [1.165, 1.54) is 0 Å². The summed E-state index contributed by atoms with van der Waals surface area (Å²) in [5.74, 6) is 1.71. The Hall–Kier alpha value is -1.02. The van der Waals surface area contributed by atoms with E-state index in [1.54, 1.807) is 23.5 Å². The van der Waals surface area contributed by atoms with Crippen molar-refractivity contribution < 1.29 is 9.59 Å². The number of thioether (sulfide) groups is 2. The predicted molar refractivity (Wildman–Crippen MR) is 79.7 cm³/mol. The first-order valence-corrected chi connectivity index (χ1v) is 8.15. The van der Waals surface area contributed by atoms with Crippen molar-refractivity contribution in [3.05, 3.63) is 0 Å². The summed E-state index contributed by atoms with van der Waals surface area (Å²) in [6.07, 6.45) is 1.22. The third-order valence-electron chi connectivity index (χ3n) is 2.47. The van der Waals surface area contributed by atoms with Gasteiger partial charge < -0.3 is 10.6 Å². The first-order chi connectivity index (χ1) is 9.24. The smallest absolute Gasteiger partial charge is 0.225 e. The Kier molecular flexibility index (Phi) is 5.71. The third kappa shape index (κ3) is 5.23. The Labute approximate surface area is 120 Å². The molecule has 0 aromatic carbocycles. The minimum absolute atomic E-state index is 0.0754. The van der Waals surface area contributed by atoms with Crippen LogP contribution in [-0.4, -0.2) is 46.7 Å². The van der Waals surface area contributed by atoms with E-state index in [0.717, 1.165) is 24.6 Å². The van der Waals surface area contributed by atoms with Crippen molar-refractivity contribution in [2.75, 3.05) is 24.6 Å². The number of aliphatic imine (C=N–C) groups is 2. The molecule has 19 heavy (non-hydrogen) atoms. The highest BCUT2D eigenvalue weighted by molar-refractivity contribution is 8.14. The highest BCUT2D eigenvalue weighted by Crippen LogP contribution is 2.10. The van der Waals surface area contributed by atoms with Crippen LogP contribution in [0.1, 0.15) is 19.3 Å². The average Bonchev–Trinajstić information content (AvgIpc) is 3.02. The van der Waals surface area contributed by atoms with Crippen LogP contribution in [0.3, 0.4) is 0 Å². The molecule has 8 heteroatoms. The first kappa shape index (κ1) is 14.4. The van der Waals surface area contributed by atoms with Crippen molar-refractivity contribution in [2.45, 2.75) is 19.3 Å². The van der Waals surface area contributed by atoms with Crippen LogP contribution in [0.4, 0.5) is 0 Å². The van der Waals surface area contributed by atoms with E-state index < -0.39 is 0 Å². The van der Waals surface area contributed by atoms with Crippen LogP contribution in [0.5, 0.6) is 0 Å². The van der Waals surface area contributed by atoms with E-state index in [4.69, 9.17) is 0 Å². The van der Waals surface area contributed by atoms with Crippen LogP contribution in [0.15, 0.2) is 9.98 Å². The van der Waals surface area contributed by atoms with Crippen LogP contribution in [-0.2, 0) is 9.59 Å². The van der Waals surface area contributed by atoms with E-state index >= 15 is 0 Å². The molecule has 2 rings (SSSR count). The van der Waals surface area contributed by atoms with Crippen molar-refractivity contribution in [3.63, 3.8) is 0 Å². The zero-order valence-corrected chi connectivity index (χ0v) is 12.1. The monoisotopic (exact) mass is 300 g/mol. The number of amidine groups is 2. The van der Waals surface area contributed by atoms with Crippen molar-refractivity contribution in [1.82, 2.24) is 10.6 Å². The summed E-state index contributed by atoms with van der Waals surface area (Å²) in [7, 11) is 0. The maximum absolute atomic E-state index is 11.6. The Balaban J connectivity index is 1.57. The van der Waals surface area contributed by atoms with Gasteiger partial charge in [-0.2, -0.15) is 0 Å². The Morgan fingerprint density at radius 1 is 0.947 bits per heavy atom. The second-order valence-electron chi connectivity index (χ2n) is 4.02. The number of nitrogens with zero attached hydrogens (tertiary/aromatic N) is 2. The summed E-state index contributed by atoms with van der Waals surface area (Å²) in [5, 5.41) is 6.88. The molecule has 0 spiro atoms. The number of carbonyl (C=O) groups excluding carboxylic acids is 2. The minimum atomic E-state index is -0.0754. The van der Waals surface area contributed by atoms with Crippen molar-refractivity contribution in [3.8, 4) is 0 Å². The molecule has 0 aromatic heterocycles. The average molecular weight is 300 g/mol. The van der Waals surface area contributed by atoms with Crippen LogP contribution in [0, 0.1) is 0 Å². The molecule has 0 aromatic rings. The number of hydrogen-bond donors (Lipinski definition) is 2. The molecular formula is C11H16N4O2S2. The van der Waals surface area contributed by atoms with Gasteiger partial charge in [0.25, 0.3) is 0 Å². The summed E-state index contributed by atoms with van der Waals surface area (Å²) >= 11 is 3.10. The highest BCUT2D eigenvalue weighted by atomic mass is 32.2. The van der Waals surface area contributed by atoms with Gasteiger partial charge in [-0.1, -0.05) is 23.5 Å². The minimum Gasteiger partial charge on any atom is -0.305 e. The molecule has 0 saturated heterocycles. The second kappa shape index (κ2) is 7.54. The fourth-order valence-electron chi connectivity index (χ4n) is 1.59. The summed E-state index contributed by atoms with van der Waals surface area (Å²) < 4.78 is 0. The van der Waals surface area contributed by atoms with Gasteiger partial charge in [0, 0.05) is 24.3 Å². The molecule has 0 saturated carbocycles. The Morgan fingerprint density at radius 2 is 1.42 bits per heavy atom. The largest absolute Gasteiger partial charge is 0.305 e.